The molecule has 0 atom stereocenters. The molecule has 0 aliphatic rings. The van der Waals surface area contributed by atoms with Gasteiger partial charge in [0.15, 0.2) is 5.95 Å². The van der Waals surface area contributed by atoms with Crippen LogP contribution in [-0.4, -0.2) is 83.9 Å². The number of rotatable bonds is 11. The Hall–Kier alpha value is -2.77. The summed E-state index contributed by atoms with van der Waals surface area (Å²) in [7, 11) is -0.495. The van der Waals surface area contributed by atoms with Crippen LogP contribution in [-0.2, 0) is 47.2 Å². The molecule has 21 nitrogen and oxygen atoms in total. The van der Waals surface area contributed by atoms with Gasteiger partial charge in [-0.05, 0) is 0 Å². The third kappa shape index (κ3) is 28.4. The number of H-pyrrole nitrogens is 2. The van der Waals surface area contributed by atoms with Gasteiger partial charge in [0.1, 0.15) is 5.82 Å². The van der Waals surface area contributed by atoms with E-state index in [1.54, 1.807) is 0 Å². The molecule has 45 heavy (non-hydrogen) atoms. The van der Waals surface area contributed by atoms with E-state index in [2.05, 4.69) is 77.4 Å². The predicted molar refractivity (Wildman–Crippen MR) is 144 cm³/mol. The number of aromatic amines is 2. The van der Waals surface area contributed by atoms with E-state index in [4.69, 9.17) is 42.1 Å². The van der Waals surface area contributed by atoms with Crippen molar-refractivity contribution in [2.45, 2.75) is 7.43 Å². The maximum atomic E-state index is 11.3. The number of hydrogen-bond acceptors (Lipinski definition) is 14. The number of nitrogen functional groups attached to an aromatic ring is 1. The molecule has 2 rings (SSSR count). The monoisotopic (exact) mass is 676 g/mol. The van der Waals surface area contributed by atoms with E-state index in [-0.39, 0.29) is 134 Å². The van der Waals surface area contributed by atoms with Crippen LogP contribution in [0.1, 0.15) is 8.85 Å². The van der Waals surface area contributed by atoms with Gasteiger partial charge in [-0.15, -0.1) is 0 Å². The molecule has 2 heterocycles. The number of aromatic nitrogens is 4. The number of imidazole rings is 2. The van der Waals surface area contributed by atoms with Crippen molar-refractivity contribution in [3.8, 4) is 0 Å². The zero-order valence-electron chi connectivity index (χ0n) is 24.8. The summed E-state index contributed by atoms with van der Waals surface area (Å²) in [6, 6.07) is 0. The number of carbonyl (C=O) groups is 1. The summed E-state index contributed by atoms with van der Waals surface area (Å²) in [6.07, 6.45) is 0. The van der Waals surface area contributed by atoms with Gasteiger partial charge in [0.2, 0.25) is 5.82 Å². The van der Waals surface area contributed by atoms with Crippen molar-refractivity contribution >= 4 is 72.0 Å². The van der Waals surface area contributed by atoms with Crippen LogP contribution in [0.4, 0.5) is 35.2 Å². The second kappa shape index (κ2) is 31.2. The number of ether oxygens (including phenoxy) is 2. The Morgan fingerprint density at radius 2 is 1.31 bits per heavy atom. The number of anilines is 1. The van der Waals surface area contributed by atoms with Gasteiger partial charge in [-0.25, -0.2) is 4.72 Å². The Morgan fingerprint density at radius 1 is 0.889 bits per heavy atom. The number of halogens is 1. The third-order valence-electron chi connectivity index (χ3n) is 3.04. The third-order valence-corrected chi connectivity index (χ3v) is 4.62. The molecule has 4 N–H and O–H groups in total. The molecule has 0 aromatic carbocycles. The second-order valence-corrected chi connectivity index (χ2v) is 9.14. The summed E-state index contributed by atoms with van der Waals surface area (Å²) in [4.78, 5) is 35.0. The first-order valence-corrected chi connectivity index (χ1v) is 13.2. The number of carbonyl (C=O) groups excluding carboxylic acids is 1. The summed E-state index contributed by atoms with van der Waals surface area (Å²) >= 11 is 0. The van der Waals surface area contributed by atoms with Crippen molar-refractivity contribution in [2.24, 2.45) is 0 Å². The van der Waals surface area contributed by atoms with Crippen molar-refractivity contribution in [1.29, 1.82) is 0 Å². The number of methoxy groups -OCH3 is 2. The number of nitrogens with zero attached hydrogens (tertiary/aromatic N) is 7. The molecule has 0 fully saturated rings. The Bertz CT molecular complexity index is 1430. The van der Waals surface area contributed by atoms with E-state index in [1.807, 2.05) is 0 Å². The van der Waals surface area contributed by atoms with E-state index in [0.29, 0.717) is 0 Å². The molecule has 0 aliphatic heterocycles. The molecule has 0 spiro atoms. The molecule has 234 valence electrons. The van der Waals surface area contributed by atoms with E-state index >= 15 is 0 Å². The minimum absolute atomic E-state index is 0. The zero-order chi connectivity index (χ0) is 31.9. The normalized spacial score (nSPS) is 8.89. The van der Waals surface area contributed by atoms with Crippen LogP contribution in [0.3, 0.4) is 0 Å². The van der Waals surface area contributed by atoms with Crippen molar-refractivity contribution in [3.63, 3.8) is 0 Å². The van der Waals surface area contributed by atoms with Crippen LogP contribution < -0.4 is 67.6 Å². The first kappa shape index (κ1) is 54.7. The standard InChI is InChI=1S/C8H8N5O4S.C5H3N5.C3H7ClO4S.CH2O3.CH4.3Li.H/c1-9-6-7(10-2)12-8(11-6)13-18(14,15)17-5-4-16-3;1-7-3-4(8-2)10-5(6)9-3;1-7-2-3-8-9(4,5)6;2-1-4-3;;;;;/h4-5H2,3H3,(H-,11,12,13);(H3,6,9,10);2-3H2,1H3;1,3H;1H4;;;;/q-1;;;;;3*+1;-1/p-1. The van der Waals surface area contributed by atoms with E-state index in [9.17, 15) is 16.8 Å². The Morgan fingerprint density at radius 3 is 1.64 bits per heavy atom. The summed E-state index contributed by atoms with van der Waals surface area (Å²) in [5.41, 5.74) is 5.18. The summed E-state index contributed by atoms with van der Waals surface area (Å²) < 4.78 is 63.4. The molecule has 0 radical (unpaired) electrons. The molecule has 2 aromatic heterocycles. The molecule has 27 heteroatoms. The van der Waals surface area contributed by atoms with Gasteiger partial charge in [0.25, 0.3) is 18.1 Å². The van der Waals surface area contributed by atoms with Gasteiger partial charge in [0.05, 0.1) is 26.4 Å². The quantitative estimate of drug-likeness (QED) is 0.0380. The van der Waals surface area contributed by atoms with Crippen LogP contribution in [0.5, 0.6) is 0 Å². The molecule has 0 amide bonds. The molecule has 0 saturated carbocycles. The summed E-state index contributed by atoms with van der Waals surface area (Å²) in [5, 5.41) is 8.43. The molecular weight excluding hydrogens is 653 g/mol. The fourth-order valence-electron chi connectivity index (χ4n) is 1.64. The fraction of sp³-hybridized carbons (Fsp3) is 0.389. The average molecular weight is 677 g/mol. The van der Waals surface area contributed by atoms with Crippen molar-refractivity contribution in [3.05, 3.63) is 50.4 Å². The Kier molecular flexibility index (Phi) is 37.9. The molecule has 0 bridgehead atoms. The predicted octanol–water partition coefficient (Wildman–Crippen LogP) is -7.15. The SMILES string of the molecule is C.COCCOS(=O)(=O)Cl.O=CO[O-].[C-]#[N+]c1nc(N)[nH]c1[N+]#[C-].[C-]#[N+]c1nc([N-]S(=O)(=O)OCCOC)[nH]c1[N+]#[C-].[H-].[Li+].[Li+].[Li+]. The zero-order valence-corrected chi connectivity index (χ0v) is 26.2. The Balaban J connectivity index is -0.0000000942. The van der Waals surface area contributed by atoms with Crippen molar-refractivity contribution in [1.82, 2.24) is 19.9 Å². The first-order chi connectivity index (χ1) is 19.3. The van der Waals surface area contributed by atoms with Gasteiger partial charge < -0.3 is 56.1 Å². The first-order valence-electron chi connectivity index (χ1n) is 9.64. The van der Waals surface area contributed by atoms with Crippen LogP contribution in [0, 0.1) is 26.3 Å². The molecule has 0 saturated heterocycles. The van der Waals surface area contributed by atoms with Crippen LogP contribution in [0.15, 0.2) is 0 Å². The second-order valence-electron chi connectivity index (χ2n) is 5.71. The maximum absolute atomic E-state index is 11.3. The smallest absolute Gasteiger partial charge is 1.00 e. The summed E-state index contributed by atoms with van der Waals surface area (Å²) in [5.74, 6) is -0.534. The molecule has 2 aromatic rings. The Labute approximate surface area is 301 Å². The van der Waals surface area contributed by atoms with E-state index in [0.717, 1.165) is 0 Å². The molecular formula is C18H24ClLi3N10O11S2. The van der Waals surface area contributed by atoms with Gasteiger partial charge in [-0.1, -0.05) is 38.7 Å². The minimum atomic E-state index is -4.18. The van der Waals surface area contributed by atoms with Gasteiger partial charge >= 0.3 is 82.2 Å². The molecule has 0 unspecified atom stereocenters. The van der Waals surface area contributed by atoms with E-state index in [1.165, 1.54) is 14.2 Å². The molecule has 0 aliphatic carbocycles. The van der Waals surface area contributed by atoms with Crippen LogP contribution in [0.25, 0.3) is 24.1 Å². The average Bonchev–Trinajstić information content (AvgIpc) is 3.50. The summed E-state index contributed by atoms with van der Waals surface area (Å²) in [6.45, 7) is 26.5. The topological polar surface area (TPSA) is 269 Å². The largest absolute Gasteiger partial charge is 1.00 e. The maximum Gasteiger partial charge on any atom is 1.00 e. The van der Waals surface area contributed by atoms with Crippen LogP contribution in [0.2, 0.25) is 0 Å². The van der Waals surface area contributed by atoms with Crippen molar-refractivity contribution < 1.29 is 108 Å². The minimum Gasteiger partial charge on any atom is -1.00 e. The fourth-order valence-corrected chi connectivity index (χ4v) is 2.73. The van der Waals surface area contributed by atoms with Crippen LogP contribution >= 0.6 is 10.7 Å². The van der Waals surface area contributed by atoms with Crippen molar-refractivity contribution in [2.75, 3.05) is 46.4 Å². The number of hydrogen-bond donors (Lipinski definition) is 3. The van der Waals surface area contributed by atoms with E-state index < -0.39 is 19.6 Å². The number of nitrogens with one attached hydrogen (secondary N) is 2. The van der Waals surface area contributed by atoms with Gasteiger partial charge in [-0.2, -0.15) is 16.8 Å². The number of nitrogens with two attached hydrogens (primary N) is 1. The van der Waals surface area contributed by atoms with Gasteiger partial charge in [0, 0.05) is 24.9 Å². The van der Waals surface area contributed by atoms with Gasteiger partial charge in [-0.3, -0.25) is 18.1 Å².